The molecule has 0 unspecified atom stereocenters. The van der Waals surface area contributed by atoms with E-state index < -0.39 is 0 Å². The van der Waals surface area contributed by atoms with Gasteiger partial charge < -0.3 is 0 Å². The summed E-state index contributed by atoms with van der Waals surface area (Å²) >= 11 is 0. The highest BCUT2D eigenvalue weighted by molar-refractivity contribution is 5.93. The molecule has 0 aromatic heterocycles. The van der Waals surface area contributed by atoms with Crippen LogP contribution in [0.25, 0.3) is 6.08 Å². The molecule has 0 saturated carbocycles. The highest BCUT2D eigenvalue weighted by Crippen LogP contribution is 2.04. The van der Waals surface area contributed by atoms with E-state index in [0.717, 1.165) is 5.56 Å². The zero-order chi connectivity index (χ0) is 10.4. The first-order chi connectivity index (χ1) is 6.68. The minimum atomic E-state index is 0.198. The summed E-state index contributed by atoms with van der Waals surface area (Å²) in [4.78, 5) is 11.3. The smallest absolute Gasteiger partial charge is 0.155 e. The lowest BCUT2D eigenvalue weighted by Gasteiger charge is -1.98. The number of carbonyl (C=O) groups excluding carboxylic acids is 1. The molecule has 0 spiro atoms. The van der Waals surface area contributed by atoms with E-state index in [1.807, 2.05) is 50.3 Å². The number of hydrogen-bond donors (Lipinski definition) is 0. The fraction of sp³-hybridized carbons (Fsp3) is 0.308. The van der Waals surface area contributed by atoms with Gasteiger partial charge in [-0.25, -0.2) is 0 Å². The van der Waals surface area contributed by atoms with Crippen LogP contribution in [0.15, 0.2) is 36.4 Å². The van der Waals surface area contributed by atoms with E-state index >= 15 is 0 Å². The molecular weight excluding hydrogens is 172 g/mol. The number of ketones is 1. The first kappa shape index (κ1) is 10.7. The first-order valence-electron chi connectivity index (χ1n) is 4.94. The molecule has 0 amide bonds. The molecule has 0 aliphatic carbocycles. The maximum Gasteiger partial charge on any atom is 0.155 e. The van der Waals surface area contributed by atoms with Crippen molar-refractivity contribution in [3.05, 3.63) is 42.0 Å². The highest BCUT2D eigenvalue weighted by atomic mass is 16.1. The molecule has 0 N–H and O–H groups in total. The van der Waals surface area contributed by atoms with Crippen LogP contribution in [-0.4, -0.2) is 5.78 Å². The van der Waals surface area contributed by atoms with E-state index in [-0.39, 0.29) is 5.78 Å². The number of allylic oxidation sites excluding steroid dienone is 1. The standard InChI is InChI=1S/C13H16O/c1-11(2)10-13(14)9-8-12-6-4-3-5-7-12/h3-9,11H,10H2,1-2H3. The van der Waals surface area contributed by atoms with Crippen molar-refractivity contribution in [3.8, 4) is 0 Å². The Hall–Kier alpha value is -1.37. The van der Waals surface area contributed by atoms with Crippen molar-refractivity contribution in [2.75, 3.05) is 0 Å². The number of hydrogen-bond acceptors (Lipinski definition) is 1. The molecule has 14 heavy (non-hydrogen) atoms. The van der Waals surface area contributed by atoms with E-state index in [9.17, 15) is 4.79 Å². The third-order valence-corrected chi connectivity index (χ3v) is 1.87. The largest absolute Gasteiger partial charge is 0.295 e. The van der Waals surface area contributed by atoms with Gasteiger partial charge >= 0.3 is 0 Å². The van der Waals surface area contributed by atoms with Crippen LogP contribution in [-0.2, 0) is 4.79 Å². The predicted molar refractivity (Wildman–Crippen MR) is 59.9 cm³/mol. The van der Waals surface area contributed by atoms with Crippen LogP contribution in [0.5, 0.6) is 0 Å². The van der Waals surface area contributed by atoms with Crippen molar-refractivity contribution in [1.29, 1.82) is 0 Å². The Balaban J connectivity index is 2.52. The second-order valence-corrected chi connectivity index (χ2v) is 3.81. The predicted octanol–water partition coefficient (Wildman–Crippen LogP) is 3.32. The van der Waals surface area contributed by atoms with Gasteiger partial charge in [0.15, 0.2) is 5.78 Å². The van der Waals surface area contributed by atoms with Crippen molar-refractivity contribution in [2.45, 2.75) is 20.3 Å². The molecule has 1 heteroatoms. The summed E-state index contributed by atoms with van der Waals surface area (Å²) in [5.41, 5.74) is 1.07. The van der Waals surface area contributed by atoms with Crippen LogP contribution in [0.3, 0.4) is 0 Å². The van der Waals surface area contributed by atoms with Gasteiger partial charge in [-0.2, -0.15) is 0 Å². The zero-order valence-electron chi connectivity index (χ0n) is 8.73. The molecule has 0 heterocycles. The van der Waals surface area contributed by atoms with Gasteiger partial charge in [-0.15, -0.1) is 0 Å². The maximum atomic E-state index is 11.3. The fourth-order valence-corrected chi connectivity index (χ4v) is 1.22. The summed E-state index contributed by atoms with van der Waals surface area (Å²) < 4.78 is 0. The summed E-state index contributed by atoms with van der Waals surface area (Å²) in [5.74, 6) is 0.631. The summed E-state index contributed by atoms with van der Waals surface area (Å²) in [6.07, 6.45) is 4.16. The van der Waals surface area contributed by atoms with Gasteiger partial charge in [0.05, 0.1) is 0 Å². The highest BCUT2D eigenvalue weighted by Gasteiger charge is 1.99. The van der Waals surface area contributed by atoms with Gasteiger partial charge in [-0.3, -0.25) is 4.79 Å². The molecule has 0 aliphatic heterocycles. The monoisotopic (exact) mass is 188 g/mol. The Morgan fingerprint density at radius 3 is 2.50 bits per heavy atom. The Morgan fingerprint density at radius 2 is 1.93 bits per heavy atom. The SMILES string of the molecule is CC(C)CC(=O)C=Cc1ccccc1. The number of rotatable bonds is 4. The molecule has 0 bridgehead atoms. The molecule has 74 valence electrons. The van der Waals surface area contributed by atoms with Gasteiger partial charge in [0.25, 0.3) is 0 Å². The molecule has 1 aromatic carbocycles. The van der Waals surface area contributed by atoms with Gasteiger partial charge in [0.1, 0.15) is 0 Å². The van der Waals surface area contributed by atoms with Crippen molar-refractivity contribution in [1.82, 2.24) is 0 Å². The third kappa shape index (κ3) is 4.04. The number of carbonyl (C=O) groups is 1. The third-order valence-electron chi connectivity index (χ3n) is 1.87. The van der Waals surface area contributed by atoms with E-state index in [1.165, 1.54) is 0 Å². The Bertz CT molecular complexity index is 309. The van der Waals surface area contributed by atoms with Gasteiger partial charge in [-0.1, -0.05) is 50.3 Å². The second kappa shape index (κ2) is 5.38. The second-order valence-electron chi connectivity index (χ2n) is 3.81. The Morgan fingerprint density at radius 1 is 1.29 bits per heavy atom. The maximum absolute atomic E-state index is 11.3. The normalized spacial score (nSPS) is 11.1. The Kier molecular flexibility index (Phi) is 4.11. The minimum absolute atomic E-state index is 0.198. The lowest BCUT2D eigenvalue weighted by molar-refractivity contribution is -0.115. The molecule has 1 rings (SSSR count). The van der Waals surface area contributed by atoms with E-state index in [0.29, 0.717) is 12.3 Å². The van der Waals surface area contributed by atoms with Crippen molar-refractivity contribution >= 4 is 11.9 Å². The van der Waals surface area contributed by atoms with Crippen LogP contribution in [0.2, 0.25) is 0 Å². The lowest BCUT2D eigenvalue weighted by atomic mass is 10.1. The molecule has 0 atom stereocenters. The zero-order valence-corrected chi connectivity index (χ0v) is 8.73. The average molecular weight is 188 g/mol. The van der Waals surface area contributed by atoms with Crippen molar-refractivity contribution in [2.24, 2.45) is 5.92 Å². The molecule has 0 saturated heterocycles. The van der Waals surface area contributed by atoms with Crippen LogP contribution >= 0.6 is 0 Å². The topological polar surface area (TPSA) is 17.1 Å². The summed E-state index contributed by atoms with van der Waals surface area (Å²) in [6.45, 7) is 4.10. The minimum Gasteiger partial charge on any atom is -0.295 e. The first-order valence-corrected chi connectivity index (χ1v) is 4.94. The fourth-order valence-electron chi connectivity index (χ4n) is 1.22. The average Bonchev–Trinajstić information content (AvgIpc) is 2.15. The molecule has 0 aliphatic rings. The van der Waals surface area contributed by atoms with Crippen LogP contribution < -0.4 is 0 Å². The van der Waals surface area contributed by atoms with Crippen molar-refractivity contribution < 1.29 is 4.79 Å². The van der Waals surface area contributed by atoms with E-state index in [1.54, 1.807) is 6.08 Å². The molecule has 1 aromatic rings. The van der Waals surface area contributed by atoms with Gasteiger partial charge in [-0.05, 0) is 17.6 Å². The molecule has 1 nitrogen and oxygen atoms in total. The quantitative estimate of drug-likeness (QED) is 0.662. The molecular formula is C13H16O. The Labute approximate surface area is 85.5 Å². The van der Waals surface area contributed by atoms with E-state index in [2.05, 4.69) is 0 Å². The summed E-state index contributed by atoms with van der Waals surface area (Å²) in [6, 6.07) is 9.87. The van der Waals surface area contributed by atoms with Gasteiger partial charge in [0.2, 0.25) is 0 Å². The molecule has 0 radical (unpaired) electrons. The summed E-state index contributed by atoms with van der Waals surface area (Å²) in [7, 11) is 0. The lowest BCUT2D eigenvalue weighted by Crippen LogP contribution is -1.98. The van der Waals surface area contributed by atoms with Crippen LogP contribution in [0, 0.1) is 5.92 Å². The van der Waals surface area contributed by atoms with Crippen LogP contribution in [0.4, 0.5) is 0 Å². The van der Waals surface area contributed by atoms with Gasteiger partial charge in [0, 0.05) is 6.42 Å². The van der Waals surface area contributed by atoms with Crippen LogP contribution in [0.1, 0.15) is 25.8 Å². The van der Waals surface area contributed by atoms with E-state index in [4.69, 9.17) is 0 Å². The number of benzene rings is 1. The molecule has 0 fully saturated rings. The summed E-state index contributed by atoms with van der Waals surface area (Å²) in [5, 5.41) is 0. The van der Waals surface area contributed by atoms with Crippen molar-refractivity contribution in [3.63, 3.8) is 0 Å².